The number of halogens is 1. The molecule has 1 unspecified atom stereocenters. The normalized spacial score (nSPS) is 19.4. The topological polar surface area (TPSA) is 26.7 Å². The van der Waals surface area contributed by atoms with Gasteiger partial charge < -0.3 is 10.0 Å². The van der Waals surface area contributed by atoms with Crippen molar-refractivity contribution in [1.82, 2.24) is 9.80 Å². The Kier molecular flexibility index (Phi) is 5.75. The van der Waals surface area contributed by atoms with Crippen molar-refractivity contribution in [3.8, 4) is 11.8 Å². The fraction of sp³-hybridized carbons (Fsp3) is 0.529. The molecule has 4 heteroatoms. The molecule has 0 amide bonds. The van der Waals surface area contributed by atoms with E-state index < -0.39 is 0 Å². The van der Waals surface area contributed by atoms with Crippen LogP contribution >= 0.6 is 0 Å². The summed E-state index contributed by atoms with van der Waals surface area (Å²) >= 11 is 0. The van der Waals surface area contributed by atoms with Gasteiger partial charge in [-0.05, 0) is 45.6 Å². The lowest BCUT2D eigenvalue weighted by molar-refractivity contribution is 0.127. The van der Waals surface area contributed by atoms with Crippen LogP contribution in [0.2, 0.25) is 0 Å². The summed E-state index contributed by atoms with van der Waals surface area (Å²) in [5.41, 5.74) is 1.32. The second kappa shape index (κ2) is 7.56. The molecular weight excluding hydrogens is 267 g/mol. The molecule has 3 nitrogen and oxygen atoms in total. The minimum absolute atomic E-state index is 0.205. The Morgan fingerprint density at radius 3 is 2.90 bits per heavy atom. The standard InChI is InChI=1S/C17H23FN2O/c1-19(2)16-6-3-9-20(13-16)12-15-8-7-14(5-4-10-21)11-17(15)18/h7-8,11,16,21H,3,6,9-10,12-13H2,1-2H3. The number of hydrogen-bond acceptors (Lipinski definition) is 3. The molecule has 1 atom stereocenters. The Morgan fingerprint density at radius 2 is 2.24 bits per heavy atom. The van der Waals surface area contributed by atoms with E-state index in [0.29, 0.717) is 23.7 Å². The second-order valence-electron chi connectivity index (χ2n) is 5.76. The molecule has 1 N–H and O–H groups in total. The SMILES string of the molecule is CN(C)C1CCCN(Cc2ccc(C#CCO)cc2F)C1. The molecule has 1 heterocycles. The number of benzene rings is 1. The molecule has 0 saturated carbocycles. The third kappa shape index (κ3) is 4.53. The average Bonchev–Trinajstić information content (AvgIpc) is 2.48. The number of piperidine rings is 1. The van der Waals surface area contributed by atoms with E-state index >= 15 is 0 Å². The van der Waals surface area contributed by atoms with E-state index in [9.17, 15) is 4.39 Å². The molecule has 0 aromatic heterocycles. The van der Waals surface area contributed by atoms with Crippen LogP contribution in [0.25, 0.3) is 0 Å². The van der Waals surface area contributed by atoms with Crippen molar-refractivity contribution in [2.75, 3.05) is 33.8 Å². The van der Waals surface area contributed by atoms with Gasteiger partial charge >= 0.3 is 0 Å². The fourth-order valence-corrected chi connectivity index (χ4v) is 2.73. The van der Waals surface area contributed by atoms with Crippen molar-refractivity contribution in [2.24, 2.45) is 0 Å². The van der Waals surface area contributed by atoms with Crippen LogP contribution in [0.1, 0.15) is 24.0 Å². The summed E-state index contributed by atoms with van der Waals surface area (Å²) in [6, 6.07) is 5.62. The molecule has 1 aliphatic heterocycles. The third-order valence-corrected chi connectivity index (χ3v) is 3.97. The van der Waals surface area contributed by atoms with Crippen LogP contribution in [0.4, 0.5) is 4.39 Å². The monoisotopic (exact) mass is 290 g/mol. The van der Waals surface area contributed by atoms with Gasteiger partial charge in [-0.25, -0.2) is 4.39 Å². The summed E-state index contributed by atoms with van der Waals surface area (Å²) in [5.74, 6) is 5.05. The highest BCUT2D eigenvalue weighted by molar-refractivity contribution is 5.37. The maximum absolute atomic E-state index is 14.1. The average molecular weight is 290 g/mol. The van der Waals surface area contributed by atoms with Gasteiger partial charge in [-0.15, -0.1) is 0 Å². The molecule has 1 aliphatic rings. The van der Waals surface area contributed by atoms with Crippen LogP contribution in [0, 0.1) is 17.7 Å². The Morgan fingerprint density at radius 1 is 1.43 bits per heavy atom. The highest BCUT2D eigenvalue weighted by Crippen LogP contribution is 2.18. The number of aliphatic hydroxyl groups is 1. The summed E-state index contributed by atoms with van der Waals surface area (Å²) in [5, 5.41) is 8.66. The maximum Gasteiger partial charge on any atom is 0.128 e. The van der Waals surface area contributed by atoms with Gasteiger partial charge in [0.25, 0.3) is 0 Å². The van der Waals surface area contributed by atoms with Gasteiger partial charge in [-0.3, -0.25) is 4.90 Å². The lowest BCUT2D eigenvalue weighted by Gasteiger charge is -2.36. The predicted molar refractivity (Wildman–Crippen MR) is 82.3 cm³/mol. The molecule has 0 radical (unpaired) electrons. The summed E-state index contributed by atoms with van der Waals surface area (Å²) in [7, 11) is 4.20. The second-order valence-corrected chi connectivity index (χ2v) is 5.76. The van der Waals surface area contributed by atoms with Gasteiger partial charge in [0.1, 0.15) is 12.4 Å². The first kappa shape index (κ1) is 16.0. The van der Waals surface area contributed by atoms with Crippen molar-refractivity contribution in [3.63, 3.8) is 0 Å². The van der Waals surface area contributed by atoms with Gasteiger partial charge in [-0.2, -0.15) is 0 Å². The molecular formula is C17H23FN2O. The van der Waals surface area contributed by atoms with Crippen LogP contribution in [0.15, 0.2) is 18.2 Å². The van der Waals surface area contributed by atoms with Crippen LogP contribution in [0.3, 0.4) is 0 Å². The van der Waals surface area contributed by atoms with E-state index in [-0.39, 0.29) is 12.4 Å². The number of aliphatic hydroxyl groups excluding tert-OH is 1. The molecule has 1 fully saturated rings. The van der Waals surface area contributed by atoms with E-state index in [1.54, 1.807) is 6.07 Å². The van der Waals surface area contributed by atoms with Gasteiger partial charge in [0.2, 0.25) is 0 Å². The van der Waals surface area contributed by atoms with E-state index in [0.717, 1.165) is 19.5 Å². The summed E-state index contributed by atoms with van der Waals surface area (Å²) < 4.78 is 14.1. The van der Waals surface area contributed by atoms with Crippen LogP contribution in [0.5, 0.6) is 0 Å². The predicted octanol–water partition coefficient (Wildman–Crippen LogP) is 1.70. The number of likely N-dealkylation sites (tertiary alicyclic amines) is 1. The number of hydrogen-bond donors (Lipinski definition) is 1. The lowest BCUT2D eigenvalue weighted by atomic mass is 10.0. The van der Waals surface area contributed by atoms with Gasteiger partial charge in [0.15, 0.2) is 0 Å². The van der Waals surface area contributed by atoms with Crippen molar-refractivity contribution in [2.45, 2.75) is 25.4 Å². The van der Waals surface area contributed by atoms with Crippen LogP contribution < -0.4 is 0 Å². The van der Waals surface area contributed by atoms with Gasteiger partial charge in [0.05, 0.1) is 0 Å². The first-order valence-corrected chi connectivity index (χ1v) is 7.37. The minimum atomic E-state index is -0.216. The van der Waals surface area contributed by atoms with E-state index in [1.807, 2.05) is 6.07 Å². The summed E-state index contributed by atoms with van der Waals surface area (Å²) in [6.45, 7) is 2.45. The Bertz CT molecular complexity index is 533. The summed E-state index contributed by atoms with van der Waals surface area (Å²) in [6.07, 6.45) is 2.37. The zero-order valence-corrected chi connectivity index (χ0v) is 12.8. The van der Waals surface area contributed by atoms with Crippen LogP contribution in [-0.2, 0) is 6.54 Å². The van der Waals surface area contributed by atoms with Crippen molar-refractivity contribution in [1.29, 1.82) is 0 Å². The zero-order chi connectivity index (χ0) is 15.2. The lowest BCUT2D eigenvalue weighted by Crippen LogP contribution is -2.44. The molecule has 0 aliphatic carbocycles. The van der Waals surface area contributed by atoms with Crippen molar-refractivity contribution in [3.05, 3.63) is 35.1 Å². The first-order chi connectivity index (χ1) is 10.1. The molecule has 0 spiro atoms. The highest BCUT2D eigenvalue weighted by Gasteiger charge is 2.21. The Labute approximate surface area is 126 Å². The van der Waals surface area contributed by atoms with E-state index in [4.69, 9.17) is 5.11 Å². The molecule has 2 rings (SSSR count). The molecule has 1 aromatic rings. The number of likely N-dealkylation sites (N-methyl/N-ethyl adjacent to an activating group) is 1. The van der Waals surface area contributed by atoms with Crippen molar-refractivity contribution < 1.29 is 9.50 Å². The molecule has 0 bridgehead atoms. The molecule has 1 saturated heterocycles. The van der Waals surface area contributed by atoms with E-state index in [2.05, 4.69) is 35.7 Å². The van der Waals surface area contributed by atoms with E-state index in [1.165, 1.54) is 12.5 Å². The quantitative estimate of drug-likeness (QED) is 0.858. The minimum Gasteiger partial charge on any atom is -0.384 e. The summed E-state index contributed by atoms with van der Waals surface area (Å²) in [4.78, 5) is 4.56. The molecule has 1 aromatic carbocycles. The molecule has 21 heavy (non-hydrogen) atoms. The maximum atomic E-state index is 14.1. The smallest absolute Gasteiger partial charge is 0.128 e. The third-order valence-electron chi connectivity index (χ3n) is 3.97. The largest absolute Gasteiger partial charge is 0.384 e. The highest BCUT2D eigenvalue weighted by atomic mass is 19.1. The van der Waals surface area contributed by atoms with Gasteiger partial charge in [-0.1, -0.05) is 17.9 Å². The molecule has 114 valence electrons. The fourth-order valence-electron chi connectivity index (χ4n) is 2.73. The Balaban J connectivity index is 2.02. The number of nitrogens with zero attached hydrogens (tertiary/aromatic N) is 2. The van der Waals surface area contributed by atoms with Gasteiger partial charge in [0, 0.05) is 30.3 Å². The zero-order valence-electron chi connectivity index (χ0n) is 12.8. The number of rotatable bonds is 3. The Hall–Kier alpha value is -1.41. The van der Waals surface area contributed by atoms with Crippen LogP contribution in [-0.4, -0.2) is 54.7 Å². The van der Waals surface area contributed by atoms with Crippen molar-refractivity contribution >= 4 is 0 Å². The first-order valence-electron chi connectivity index (χ1n) is 7.37.